The average molecular weight is 491 g/mol. The van der Waals surface area contributed by atoms with E-state index in [9.17, 15) is 19.1 Å². The molecule has 9 heteroatoms. The number of methoxy groups -OCH3 is 1. The van der Waals surface area contributed by atoms with E-state index in [4.69, 9.17) is 15.7 Å². The van der Waals surface area contributed by atoms with Crippen molar-refractivity contribution in [2.75, 3.05) is 20.2 Å². The predicted molar refractivity (Wildman–Crippen MR) is 132 cm³/mol. The van der Waals surface area contributed by atoms with Gasteiger partial charge >= 0.3 is 5.97 Å². The summed E-state index contributed by atoms with van der Waals surface area (Å²) in [6.07, 6.45) is 1.40. The van der Waals surface area contributed by atoms with Crippen LogP contribution in [0.1, 0.15) is 35.3 Å². The Bertz CT molecular complexity index is 1330. The molecule has 1 amide bonds. The standard InChI is InChI=1S/C27H27FN4O4/c1-36-21-8-6-17(7-9-21)26-22(18-4-5-19(15-29)23(28)13-18)14-24(32(26)12-10-25(33)34)27(35)31-11-2-3-20(30)16-31/h4-9,13-14,20H,2-3,10-12,16,30H2,1H3,(H,33,34)/t20-/m1/s1. The molecule has 0 aliphatic carbocycles. The van der Waals surface area contributed by atoms with Gasteiger partial charge in [0.1, 0.15) is 23.3 Å². The molecule has 1 atom stereocenters. The number of carboxylic acids is 1. The van der Waals surface area contributed by atoms with E-state index in [-0.39, 0.29) is 30.5 Å². The average Bonchev–Trinajstić information content (AvgIpc) is 3.26. The number of nitrogens with zero attached hydrogens (tertiary/aromatic N) is 3. The summed E-state index contributed by atoms with van der Waals surface area (Å²) in [6.45, 7) is 0.993. The number of carboxylic acid groups (broad SMARTS) is 1. The van der Waals surface area contributed by atoms with Crippen molar-refractivity contribution in [3.63, 3.8) is 0 Å². The van der Waals surface area contributed by atoms with Gasteiger partial charge in [-0.15, -0.1) is 0 Å². The highest BCUT2D eigenvalue weighted by atomic mass is 19.1. The number of hydrogen-bond donors (Lipinski definition) is 2. The second-order valence-corrected chi connectivity index (χ2v) is 8.78. The Morgan fingerprint density at radius 2 is 1.92 bits per heavy atom. The first-order valence-corrected chi connectivity index (χ1v) is 11.7. The van der Waals surface area contributed by atoms with Crippen LogP contribution < -0.4 is 10.5 Å². The zero-order chi connectivity index (χ0) is 25.8. The van der Waals surface area contributed by atoms with E-state index in [2.05, 4.69) is 0 Å². The van der Waals surface area contributed by atoms with Gasteiger partial charge in [-0.1, -0.05) is 6.07 Å². The van der Waals surface area contributed by atoms with Gasteiger partial charge in [-0.3, -0.25) is 9.59 Å². The molecule has 4 rings (SSSR count). The molecular weight excluding hydrogens is 463 g/mol. The van der Waals surface area contributed by atoms with Gasteiger partial charge in [0.2, 0.25) is 0 Å². The smallest absolute Gasteiger partial charge is 0.305 e. The largest absolute Gasteiger partial charge is 0.497 e. The molecule has 1 aromatic heterocycles. The van der Waals surface area contributed by atoms with Gasteiger partial charge in [-0.2, -0.15) is 5.26 Å². The summed E-state index contributed by atoms with van der Waals surface area (Å²) < 4.78 is 21.6. The number of carbonyl (C=O) groups excluding carboxylic acids is 1. The number of likely N-dealkylation sites (tertiary alicyclic amines) is 1. The van der Waals surface area contributed by atoms with Crippen LogP contribution in [0.3, 0.4) is 0 Å². The van der Waals surface area contributed by atoms with Crippen molar-refractivity contribution in [1.82, 2.24) is 9.47 Å². The molecule has 0 unspecified atom stereocenters. The van der Waals surface area contributed by atoms with E-state index in [1.165, 1.54) is 12.1 Å². The quantitative estimate of drug-likeness (QED) is 0.518. The lowest BCUT2D eigenvalue weighted by Crippen LogP contribution is -2.46. The molecule has 2 heterocycles. The lowest BCUT2D eigenvalue weighted by molar-refractivity contribution is -0.137. The van der Waals surface area contributed by atoms with Crippen LogP contribution in [0, 0.1) is 17.1 Å². The van der Waals surface area contributed by atoms with Crippen LogP contribution in [0.15, 0.2) is 48.5 Å². The summed E-state index contributed by atoms with van der Waals surface area (Å²) in [7, 11) is 1.55. The second-order valence-electron chi connectivity index (χ2n) is 8.78. The van der Waals surface area contributed by atoms with Crippen molar-refractivity contribution in [2.24, 2.45) is 5.73 Å². The number of rotatable bonds is 7. The molecule has 8 nitrogen and oxygen atoms in total. The lowest BCUT2D eigenvalue weighted by atomic mass is 9.99. The molecule has 1 saturated heterocycles. The highest BCUT2D eigenvalue weighted by Gasteiger charge is 2.28. The normalized spacial score (nSPS) is 15.4. The van der Waals surface area contributed by atoms with Crippen molar-refractivity contribution >= 4 is 11.9 Å². The van der Waals surface area contributed by atoms with Gasteiger partial charge < -0.3 is 25.0 Å². The molecule has 186 valence electrons. The molecular formula is C27H27FN4O4. The maximum Gasteiger partial charge on any atom is 0.305 e. The minimum Gasteiger partial charge on any atom is -0.497 e. The maximum atomic E-state index is 14.6. The number of aromatic nitrogens is 1. The SMILES string of the molecule is COc1ccc(-c2c(-c3ccc(C#N)c(F)c3)cc(C(=O)N3CCC[C@@H](N)C3)n2CCC(=O)O)cc1. The molecule has 2 aromatic carbocycles. The van der Waals surface area contributed by atoms with Crippen molar-refractivity contribution in [3.05, 3.63) is 65.6 Å². The van der Waals surface area contributed by atoms with Gasteiger partial charge in [0, 0.05) is 31.2 Å². The van der Waals surface area contributed by atoms with Gasteiger partial charge in [0.25, 0.3) is 5.91 Å². The number of aliphatic carboxylic acids is 1. The topological polar surface area (TPSA) is 122 Å². The van der Waals surface area contributed by atoms with Crippen LogP contribution in [0.25, 0.3) is 22.4 Å². The third kappa shape index (κ3) is 5.09. The molecule has 0 spiro atoms. The third-order valence-corrected chi connectivity index (χ3v) is 6.37. The van der Waals surface area contributed by atoms with Crippen molar-refractivity contribution in [1.29, 1.82) is 5.26 Å². The Morgan fingerprint density at radius 3 is 2.53 bits per heavy atom. The highest BCUT2D eigenvalue weighted by molar-refractivity contribution is 5.98. The zero-order valence-corrected chi connectivity index (χ0v) is 19.9. The van der Waals surface area contributed by atoms with Crippen LogP contribution in [0.2, 0.25) is 0 Å². The number of hydrogen-bond acceptors (Lipinski definition) is 5. The predicted octanol–water partition coefficient (Wildman–Crippen LogP) is 3.88. The first-order valence-electron chi connectivity index (χ1n) is 11.7. The minimum atomic E-state index is -1.01. The van der Waals surface area contributed by atoms with Gasteiger partial charge in [0.15, 0.2) is 0 Å². The summed E-state index contributed by atoms with van der Waals surface area (Å²) in [5.74, 6) is -1.31. The number of benzene rings is 2. The van der Waals surface area contributed by atoms with Crippen LogP contribution in [0.4, 0.5) is 4.39 Å². The van der Waals surface area contributed by atoms with Crippen molar-refractivity contribution < 1.29 is 23.8 Å². The lowest BCUT2D eigenvalue weighted by Gasteiger charge is -2.31. The monoisotopic (exact) mass is 490 g/mol. The summed E-state index contributed by atoms with van der Waals surface area (Å²) in [6, 6.07) is 14.8. The number of carbonyl (C=O) groups is 2. The molecule has 1 fully saturated rings. The Balaban J connectivity index is 1.93. The van der Waals surface area contributed by atoms with E-state index in [0.29, 0.717) is 46.9 Å². The number of halogens is 1. The summed E-state index contributed by atoms with van der Waals surface area (Å²) in [5, 5.41) is 18.6. The van der Waals surface area contributed by atoms with Gasteiger partial charge in [-0.25, -0.2) is 4.39 Å². The maximum absolute atomic E-state index is 14.6. The molecule has 1 aliphatic heterocycles. The molecule has 36 heavy (non-hydrogen) atoms. The highest BCUT2D eigenvalue weighted by Crippen LogP contribution is 2.37. The second kappa shape index (κ2) is 10.6. The fourth-order valence-electron chi connectivity index (χ4n) is 4.58. The fourth-order valence-corrected chi connectivity index (χ4v) is 4.58. The molecule has 0 saturated carbocycles. The fraction of sp³-hybridized carbons (Fsp3) is 0.296. The molecule has 1 aliphatic rings. The van der Waals surface area contributed by atoms with Crippen LogP contribution in [-0.4, -0.2) is 52.7 Å². The number of ether oxygens (including phenoxy) is 1. The Labute approximate surface area is 208 Å². The zero-order valence-electron chi connectivity index (χ0n) is 19.9. The number of amides is 1. The number of nitriles is 1. The van der Waals surface area contributed by atoms with Crippen molar-refractivity contribution in [2.45, 2.75) is 31.8 Å². The Hall–Kier alpha value is -4.16. The molecule has 0 radical (unpaired) electrons. The van der Waals surface area contributed by atoms with E-state index >= 15 is 0 Å². The first-order chi connectivity index (χ1) is 17.3. The Kier molecular flexibility index (Phi) is 7.36. The van der Waals surface area contributed by atoms with Crippen LogP contribution in [-0.2, 0) is 11.3 Å². The van der Waals surface area contributed by atoms with Gasteiger partial charge in [-0.05, 0) is 66.4 Å². The van der Waals surface area contributed by atoms with E-state index in [1.54, 1.807) is 53.0 Å². The number of piperidine rings is 1. The number of nitrogens with two attached hydrogens (primary N) is 1. The van der Waals surface area contributed by atoms with E-state index in [0.717, 1.165) is 12.8 Å². The van der Waals surface area contributed by atoms with E-state index < -0.39 is 11.8 Å². The molecule has 3 aromatic rings. The summed E-state index contributed by atoms with van der Waals surface area (Å²) in [4.78, 5) is 26.9. The van der Waals surface area contributed by atoms with Gasteiger partial charge in [0.05, 0.1) is 24.8 Å². The summed E-state index contributed by atoms with van der Waals surface area (Å²) >= 11 is 0. The summed E-state index contributed by atoms with van der Waals surface area (Å²) in [5.41, 5.74) is 8.62. The van der Waals surface area contributed by atoms with Crippen LogP contribution >= 0.6 is 0 Å². The van der Waals surface area contributed by atoms with E-state index in [1.807, 2.05) is 6.07 Å². The Morgan fingerprint density at radius 1 is 1.19 bits per heavy atom. The van der Waals surface area contributed by atoms with Crippen LogP contribution in [0.5, 0.6) is 5.75 Å². The molecule has 3 N–H and O–H groups in total. The minimum absolute atomic E-state index is 0.0381. The van der Waals surface area contributed by atoms with Crippen molar-refractivity contribution in [3.8, 4) is 34.2 Å². The molecule has 0 bridgehead atoms. The first kappa shape index (κ1) is 24.9. The third-order valence-electron chi connectivity index (χ3n) is 6.37.